The molecule has 0 atom stereocenters. The summed E-state index contributed by atoms with van der Waals surface area (Å²) in [5.74, 6) is 0.282. The van der Waals surface area contributed by atoms with Gasteiger partial charge in [-0.2, -0.15) is 0 Å². The second-order valence-corrected chi connectivity index (χ2v) is 7.38. The van der Waals surface area contributed by atoms with E-state index >= 15 is 0 Å². The van der Waals surface area contributed by atoms with E-state index in [9.17, 15) is 9.59 Å². The lowest BCUT2D eigenvalue weighted by atomic mass is 9.72. The number of piperidine rings is 2. The summed E-state index contributed by atoms with van der Waals surface area (Å²) < 4.78 is 0. The number of rotatable bonds is 3. The summed E-state index contributed by atoms with van der Waals surface area (Å²) in [7, 11) is 0. The number of likely N-dealkylation sites (tertiary alicyclic amines) is 2. The molecule has 1 N–H and O–H groups in total. The van der Waals surface area contributed by atoms with Crippen molar-refractivity contribution in [2.45, 2.75) is 46.0 Å². The molecular formula is C20H29N3O2. The van der Waals surface area contributed by atoms with Gasteiger partial charge in [0.2, 0.25) is 5.91 Å². The molecule has 3 rings (SSSR count). The van der Waals surface area contributed by atoms with Gasteiger partial charge < -0.3 is 15.1 Å². The van der Waals surface area contributed by atoms with Crippen molar-refractivity contribution in [3.8, 4) is 0 Å². The van der Waals surface area contributed by atoms with Crippen LogP contribution in [0.2, 0.25) is 0 Å². The van der Waals surface area contributed by atoms with Crippen molar-refractivity contribution in [3.05, 3.63) is 29.8 Å². The SMILES string of the molecule is CCc1cccc(NC(=O)N2CCC3(CCC(=O)N(CC)C3)CC2)c1. The monoisotopic (exact) mass is 343 g/mol. The first-order valence-corrected chi connectivity index (χ1v) is 9.48. The van der Waals surface area contributed by atoms with E-state index in [4.69, 9.17) is 0 Å². The highest BCUT2D eigenvalue weighted by atomic mass is 16.2. The van der Waals surface area contributed by atoms with E-state index in [0.29, 0.717) is 6.42 Å². The molecule has 1 spiro atoms. The Bertz CT molecular complexity index is 636. The number of urea groups is 1. The van der Waals surface area contributed by atoms with E-state index in [1.807, 2.05) is 34.9 Å². The van der Waals surface area contributed by atoms with E-state index in [2.05, 4.69) is 18.3 Å². The molecule has 5 heteroatoms. The van der Waals surface area contributed by atoms with Gasteiger partial charge in [0.1, 0.15) is 0 Å². The minimum absolute atomic E-state index is 0.0117. The zero-order valence-electron chi connectivity index (χ0n) is 15.4. The Balaban J connectivity index is 1.56. The smallest absolute Gasteiger partial charge is 0.321 e. The lowest BCUT2D eigenvalue weighted by Crippen LogP contribution is -2.52. The summed E-state index contributed by atoms with van der Waals surface area (Å²) in [5.41, 5.74) is 2.30. The predicted molar refractivity (Wildman–Crippen MR) is 99.6 cm³/mol. The number of benzene rings is 1. The van der Waals surface area contributed by atoms with Crippen LogP contribution in [-0.2, 0) is 11.2 Å². The standard InChI is InChI=1S/C20H29N3O2/c1-3-16-6-5-7-17(14-16)21-19(25)23-12-10-20(11-13-23)9-8-18(24)22(4-2)15-20/h5-7,14H,3-4,8-13,15H2,1-2H3,(H,21,25). The Morgan fingerprint density at radius 2 is 1.96 bits per heavy atom. The molecule has 0 aromatic heterocycles. The summed E-state index contributed by atoms with van der Waals surface area (Å²) in [6.07, 6.45) is 4.56. The molecule has 2 aliphatic rings. The molecule has 0 unspecified atom stereocenters. The van der Waals surface area contributed by atoms with Crippen LogP contribution in [0.3, 0.4) is 0 Å². The van der Waals surface area contributed by atoms with Gasteiger partial charge in [0.15, 0.2) is 0 Å². The quantitative estimate of drug-likeness (QED) is 0.913. The lowest BCUT2D eigenvalue weighted by Gasteiger charge is -2.47. The topological polar surface area (TPSA) is 52.7 Å². The molecule has 5 nitrogen and oxygen atoms in total. The van der Waals surface area contributed by atoms with Gasteiger partial charge in [0, 0.05) is 38.3 Å². The number of nitrogens with one attached hydrogen (secondary N) is 1. The molecule has 2 aliphatic heterocycles. The van der Waals surface area contributed by atoms with Crippen LogP contribution in [0.25, 0.3) is 0 Å². The van der Waals surface area contributed by atoms with Gasteiger partial charge in [0.05, 0.1) is 0 Å². The molecular weight excluding hydrogens is 314 g/mol. The van der Waals surface area contributed by atoms with Crippen LogP contribution in [0.1, 0.15) is 45.1 Å². The third-order valence-corrected chi connectivity index (χ3v) is 5.83. The van der Waals surface area contributed by atoms with E-state index < -0.39 is 0 Å². The first kappa shape index (κ1) is 17.8. The first-order chi connectivity index (χ1) is 12.0. The van der Waals surface area contributed by atoms with E-state index in [1.54, 1.807) is 0 Å². The lowest BCUT2D eigenvalue weighted by molar-refractivity contribution is -0.138. The zero-order valence-corrected chi connectivity index (χ0v) is 15.4. The minimum atomic E-state index is -0.0117. The molecule has 2 fully saturated rings. The van der Waals surface area contributed by atoms with Crippen LogP contribution in [-0.4, -0.2) is 47.9 Å². The molecule has 0 bridgehead atoms. The van der Waals surface area contributed by atoms with Crippen LogP contribution in [0.4, 0.5) is 10.5 Å². The van der Waals surface area contributed by atoms with Crippen molar-refractivity contribution in [3.63, 3.8) is 0 Å². The fourth-order valence-corrected chi connectivity index (χ4v) is 4.05. The Hall–Kier alpha value is -2.04. The molecule has 136 valence electrons. The molecule has 0 saturated carbocycles. The van der Waals surface area contributed by atoms with Crippen molar-refractivity contribution in [1.82, 2.24) is 9.80 Å². The van der Waals surface area contributed by atoms with Crippen LogP contribution in [0.5, 0.6) is 0 Å². The van der Waals surface area contributed by atoms with E-state index in [-0.39, 0.29) is 17.4 Å². The maximum atomic E-state index is 12.6. The summed E-state index contributed by atoms with van der Waals surface area (Å²) in [5, 5.41) is 3.03. The van der Waals surface area contributed by atoms with Crippen LogP contribution < -0.4 is 5.32 Å². The number of aryl methyl sites for hydroxylation is 1. The van der Waals surface area contributed by atoms with E-state index in [1.165, 1.54) is 5.56 Å². The predicted octanol–water partition coefficient (Wildman–Crippen LogP) is 3.51. The number of carbonyl (C=O) groups excluding carboxylic acids is 2. The highest BCUT2D eigenvalue weighted by molar-refractivity contribution is 5.89. The number of amides is 3. The van der Waals surface area contributed by atoms with E-state index in [0.717, 1.165) is 57.5 Å². The van der Waals surface area contributed by atoms with Crippen molar-refractivity contribution >= 4 is 17.6 Å². The van der Waals surface area contributed by atoms with Gasteiger partial charge in [-0.15, -0.1) is 0 Å². The highest BCUT2D eigenvalue weighted by Gasteiger charge is 2.41. The van der Waals surface area contributed by atoms with Gasteiger partial charge >= 0.3 is 6.03 Å². The average molecular weight is 343 g/mol. The Labute approximate surface area is 150 Å². The third-order valence-electron chi connectivity index (χ3n) is 5.83. The zero-order chi connectivity index (χ0) is 17.9. The summed E-state index contributed by atoms with van der Waals surface area (Å²) in [6.45, 7) is 7.34. The second kappa shape index (κ2) is 7.46. The van der Waals surface area contributed by atoms with Crippen molar-refractivity contribution < 1.29 is 9.59 Å². The number of hydrogen-bond donors (Lipinski definition) is 1. The molecule has 1 aromatic rings. The summed E-state index contributed by atoms with van der Waals surface area (Å²) in [6, 6.07) is 8.02. The summed E-state index contributed by atoms with van der Waals surface area (Å²) >= 11 is 0. The molecule has 2 heterocycles. The fraction of sp³-hybridized carbons (Fsp3) is 0.600. The maximum Gasteiger partial charge on any atom is 0.321 e. The average Bonchev–Trinajstić information content (AvgIpc) is 2.64. The first-order valence-electron chi connectivity index (χ1n) is 9.48. The number of nitrogens with zero attached hydrogens (tertiary/aromatic N) is 2. The second-order valence-electron chi connectivity index (χ2n) is 7.38. The molecule has 0 radical (unpaired) electrons. The van der Waals surface area contributed by atoms with Gasteiger partial charge in [-0.25, -0.2) is 4.79 Å². The normalized spacial score (nSPS) is 20.0. The van der Waals surface area contributed by atoms with Crippen LogP contribution in [0, 0.1) is 5.41 Å². The Kier molecular flexibility index (Phi) is 5.30. The van der Waals surface area contributed by atoms with Crippen molar-refractivity contribution in [2.75, 3.05) is 31.5 Å². The molecule has 25 heavy (non-hydrogen) atoms. The number of anilines is 1. The molecule has 1 aromatic carbocycles. The minimum Gasteiger partial charge on any atom is -0.342 e. The molecule has 3 amide bonds. The van der Waals surface area contributed by atoms with Gasteiger partial charge in [-0.05, 0) is 55.7 Å². The van der Waals surface area contributed by atoms with Gasteiger partial charge in [-0.3, -0.25) is 4.79 Å². The Morgan fingerprint density at radius 3 is 2.64 bits per heavy atom. The van der Waals surface area contributed by atoms with Crippen molar-refractivity contribution in [1.29, 1.82) is 0 Å². The largest absolute Gasteiger partial charge is 0.342 e. The number of carbonyl (C=O) groups is 2. The fourth-order valence-electron chi connectivity index (χ4n) is 4.05. The van der Waals surface area contributed by atoms with Gasteiger partial charge in [0.25, 0.3) is 0 Å². The van der Waals surface area contributed by atoms with Crippen LogP contribution in [0.15, 0.2) is 24.3 Å². The molecule has 0 aliphatic carbocycles. The van der Waals surface area contributed by atoms with Crippen molar-refractivity contribution in [2.24, 2.45) is 5.41 Å². The molecule has 2 saturated heterocycles. The Morgan fingerprint density at radius 1 is 1.20 bits per heavy atom. The van der Waals surface area contributed by atoms with Gasteiger partial charge in [-0.1, -0.05) is 19.1 Å². The summed E-state index contributed by atoms with van der Waals surface area (Å²) in [4.78, 5) is 28.4. The van der Waals surface area contributed by atoms with Crippen LogP contribution >= 0.6 is 0 Å². The highest BCUT2D eigenvalue weighted by Crippen LogP contribution is 2.40. The third kappa shape index (κ3) is 3.97. The number of hydrogen-bond acceptors (Lipinski definition) is 2. The maximum absolute atomic E-state index is 12.6.